The molecule has 1 aromatic heterocycles. The standard InChI is InChI=1S/C9H13N3O2/c1-6-11-7(3-10)2-9(12-6)14-8-4-13-5-8/h2,8H,3-5,10H2,1H3. The molecule has 1 aliphatic rings. The number of rotatable bonds is 3. The van der Waals surface area contributed by atoms with Crippen molar-refractivity contribution in [3.8, 4) is 5.88 Å². The Balaban J connectivity index is 2.11. The molecule has 0 aliphatic carbocycles. The Morgan fingerprint density at radius 1 is 1.57 bits per heavy atom. The zero-order chi connectivity index (χ0) is 9.97. The Morgan fingerprint density at radius 3 is 2.93 bits per heavy atom. The van der Waals surface area contributed by atoms with Crippen molar-refractivity contribution in [3.63, 3.8) is 0 Å². The van der Waals surface area contributed by atoms with Crippen LogP contribution in [0.15, 0.2) is 6.07 Å². The van der Waals surface area contributed by atoms with Crippen LogP contribution in [0, 0.1) is 6.92 Å². The third kappa shape index (κ3) is 2.00. The summed E-state index contributed by atoms with van der Waals surface area (Å²) in [6, 6.07) is 1.77. The van der Waals surface area contributed by atoms with E-state index in [1.807, 2.05) is 6.92 Å². The van der Waals surface area contributed by atoms with Crippen LogP contribution in [-0.4, -0.2) is 29.3 Å². The van der Waals surface area contributed by atoms with E-state index in [1.54, 1.807) is 6.07 Å². The van der Waals surface area contributed by atoms with Crippen LogP contribution in [0.25, 0.3) is 0 Å². The van der Waals surface area contributed by atoms with Crippen LogP contribution in [0.3, 0.4) is 0 Å². The average molecular weight is 195 g/mol. The van der Waals surface area contributed by atoms with Crippen LogP contribution >= 0.6 is 0 Å². The zero-order valence-corrected chi connectivity index (χ0v) is 8.06. The lowest BCUT2D eigenvalue weighted by Gasteiger charge is -2.26. The number of hydrogen-bond acceptors (Lipinski definition) is 5. The average Bonchev–Trinajstić information content (AvgIpc) is 2.10. The molecule has 5 heteroatoms. The molecule has 0 saturated carbocycles. The van der Waals surface area contributed by atoms with Gasteiger partial charge in [-0.1, -0.05) is 0 Å². The van der Waals surface area contributed by atoms with Gasteiger partial charge in [0, 0.05) is 12.6 Å². The summed E-state index contributed by atoms with van der Waals surface area (Å²) in [6.07, 6.45) is 0.134. The van der Waals surface area contributed by atoms with Gasteiger partial charge in [-0.05, 0) is 6.92 Å². The lowest BCUT2D eigenvalue weighted by molar-refractivity contribution is -0.0814. The zero-order valence-electron chi connectivity index (χ0n) is 8.06. The van der Waals surface area contributed by atoms with Gasteiger partial charge in [-0.15, -0.1) is 0 Å². The summed E-state index contributed by atoms with van der Waals surface area (Å²) in [4.78, 5) is 8.32. The van der Waals surface area contributed by atoms with Crippen molar-refractivity contribution >= 4 is 0 Å². The van der Waals surface area contributed by atoms with Gasteiger partial charge in [-0.25, -0.2) is 4.98 Å². The summed E-state index contributed by atoms with van der Waals surface area (Å²) in [5.41, 5.74) is 6.29. The van der Waals surface area contributed by atoms with Crippen molar-refractivity contribution in [2.75, 3.05) is 13.2 Å². The largest absolute Gasteiger partial charge is 0.469 e. The van der Waals surface area contributed by atoms with Crippen molar-refractivity contribution in [2.45, 2.75) is 19.6 Å². The predicted molar refractivity (Wildman–Crippen MR) is 49.9 cm³/mol. The minimum atomic E-state index is 0.134. The van der Waals surface area contributed by atoms with Gasteiger partial charge in [0.2, 0.25) is 5.88 Å². The molecular weight excluding hydrogens is 182 g/mol. The molecule has 0 unspecified atom stereocenters. The Morgan fingerprint density at radius 2 is 2.36 bits per heavy atom. The highest BCUT2D eigenvalue weighted by atomic mass is 16.6. The molecule has 0 spiro atoms. The summed E-state index contributed by atoms with van der Waals surface area (Å²) in [5, 5.41) is 0. The lowest BCUT2D eigenvalue weighted by atomic mass is 10.3. The van der Waals surface area contributed by atoms with Gasteiger partial charge < -0.3 is 15.2 Å². The number of aryl methyl sites for hydroxylation is 1. The van der Waals surface area contributed by atoms with Crippen molar-refractivity contribution in [3.05, 3.63) is 17.6 Å². The third-order valence-electron chi connectivity index (χ3n) is 1.97. The maximum Gasteiger partial charge on any atom is 0.217 e. The lowest BCUT2D eigenvalue weighted by Crippen LogP contribution is -2.38. The number of nitrogens with two attached hydrogens (primary N) is 1. The molecule has 2 N–H and O–H groups in total. The van der Waals surface area contributed by atoms with E-state index < -0.39 is 0 Å². The number of ether oxygens (including phenoxy) is 2. The van der Waals surface area contributed by atoms with Crippen LogP contribution in [0.5, 0.6) is 5.88 Å². The number of hydrogen-bond donors (Lipinski definition) is 1. The second-order valence-electron chi connectivity index (χ2n) is 3.23. The molecule has 76 valence electrons. The van der Waals surface area contributed by atoms with Gasteiger partial charge in [0.25, 0.3) is 0 Å². The van der Waals surface area contributed by atoms with E-state index in [0.29, 0.717) is 31.5 Å². The Kier molecular flexibility index (Phi) is 2.60. The summed E-state index contributed by atoms with van der Waals surface area (Å²) in [6.45, 7) is 3.51. The smallest absolute Gasteiger partial charge is 0.217 e. The van der Waals surface area contributed by atoms with Crippen LogP contribution in [-0.2, 0) is 11.3 Å². The molecule has 1 aliphatic heterocycles. The van der Waals surface area contributed by atoms with Crippen LogP contribution < -0.4 is 10.5 Å². The van der Waals surface area contributed by atoms with Crippen LogP contribution in [0.4, 0.5) is 0 Å². The van der Waals surface area contributed by atoms with Crippen molar-refractivity contribution < 1.29 is 9.47 Å². The van der Waals surface area contributed by atoms with Crippen molar-refractivity contribution in [1.29, 1.82) is 0 Å². The monoisotopic (exact) mass is 195 g/mol. The first-order valence-electron chi connectivity index (χ1n) is 4.57. The second kappa shape index (κ2) is 3.89. The van der Waals surface area contributed by atoms with E-state index in [-0.39, 0.29) is 6.10 Å². The summed E-state index contributed by atoms with van der Waals surface area (Å²) < 4.78 is 10.5. The van der Waals surface area contributed by atoms with E-state index in [2.05, 4.69) is 9.97 Å². The fourth-order valence-electron chi connectivity index (χ4n) is 1.22. The predicted octanol–water partition coefficient (Wildman–Crippen LogP) is 0.0213. The van der Waals surface area contributed by atoms with E-state index in [0.717, 1.165) is 5.69 Å². The number of aromatic nitrogens is 2. The molecule has 0 radical (unpaired) electrons. The second-order valence-corrected chi connectivity index (χ2v) is 3.23. The summed E-state index contributed by atoms with van der Waals surface area (Å²) >= 11 is 0. The van der Waals surface area contributed by atoms with Gasteiger partial charge in [0.05, 0.1) is 18.9 Å². The molecule has 0 amide bonds. The number of nitrogens with zero attached hydrogens (tertiary/aromatic N) is 2. The van der Waals surface area contributed by atoms with Crippen molar-refractivity contribution in [2.24, 2.45) is 5.73 Å². The molecule has 14 heavy (non-hydrogen) atoms. The molecule has 5 nitrogen and oxygen atoms in total. The van der Waals surface area contributed by atoms with Gasteiger partial charge in [0.1, 0.15) is 11.9 Å². The first kappa shape index (κ1) is 9.36. The molecule has 0 bridgehead atoms. The van der Waals surface area contributed by atoms with E-state index in [1.165, 1.54) is 0 Å². The molecule has 1 saturated heterocycles. The Bertz CT molecular complexity index is 326. The van der Waals surface area contributed by atoms with Crippen LogP contribution in [0.2, 0.25) is 0 Å². The van der Waals surface area contributed by atoms with Gasteiger partial charge in [0.15, 0.2) is 0 Å². The topological polar surface area (TPSA) is 70.3 Å². The minimum absolute atomic E-state index is 0.134. The first-order chi connectivity index (χ1) is 6.78. The minimum Gasteiger partial charge on any atom is -0.469 e. The van der Waals surface area contributed by atoms with Crippen LogP contribution in [0.1, 0.15) is 11.5 Å². The van der Waals surface area contributed by atoms with Crippen molar-refractivity contribution in [1.82, 2.24) is 9.97 Å². The maximum absolute atomic E-state index is 5.54. The molecule has 2 rings (SSSR count). The molecule has 0 atom stereocenters. The summed E-state index contributed by atoms with van der Waals surface area (Å²) in [7, 11) is 0. The highest BCUT2D eigenvalue weighted by molar-refractivity contribution is 5.16. The maximum atomic E-state index is 5.54. The summed E-state index contributed by atoms with van der Waals surface area (Å²) in [5.74, 6) is 1.27. The van der Waals surface area contributed by atoms with Gasteiger partial charge in [-0.2, -0.15) is 4.98 Å². The normalized spacial score (nSPS) is 16.4. The molecule has 0 aromatic carbocycles. The fraction of sp³-hybridized carbons (Fsp3) is 0.556. The molecular formula is C9H13N3O2. The highest BCUT2D eigenvalue weighted by Gasteiger charge is 2.20. The fourth-order valence-corrected chi connectivity index (χ4v) is 1.22. The molecule has 2 heterocycles. The molecule has 1 aromatic rings. The first-order valence-corrected chi connectivity index (χ1v) is 4.57. The SMILES string of the molecule is Cc1nc(CN)cc(OC2COC2)n1. The van der Waals surface area contributed by atoms with E-state index in [4.69, 9.17) is 15.2 Å². The quantitative estimate of drug-likeness (QED) is 0.736. The Hall–Kier alpha value is -1.20. The van der Waals surface area contributed by atoms with E-state index in [9.17, 15) is 0 Å². The highest BCUT2D eigenvalue weighted by Crippen LogP contribution is 2.14. The third-order valence-corrected chi connectivity index (χ3v) is 1.97. The molecule has 1 fully saturated rings. The Labute approximate surface area is 82.3 Å². The van der Waals surface area contributed by atoms with Gasteiger partial charge in [-0.3, -0.25) is 0 Å². The van der Waals surface area contributed by atoms with Gasteiger partial charge >= 0.3 is 0 Å². The van der Waals surface area contributed by atoms with E-state index >= 15 is 0 Å².